The summed E-state index contributed by atoms with van der Waals surface area (Å²) in [5.74, 6) is -0.919. The Balaban J connectivity index is 1.68. The number of aliphatic carboxylic acids is 1. The van der Waals surface area contributed by atoms with Crippen molar-refractivity contribution in [2.24, 2.45) is 5.92 Å². The second-order valence-corrected chi connectivity index (χ2v) is 7.78. The summed E-state index contributed by atoms with van der Waals surface area (Å²) in [6.45, 7) is 0. The first-order chi connectivity index (χ1) is 15.1. The Bertz CT molecular complexity index is 1160. The monoisotopic (exact) mass is 432 g/mol. The van der Waals surface area contributed by atoms with E-state index in [1.165, 1.54) is 0 Å². The third-order valence-electron chi connectivity index (χ3n) is 5.08. The third kappa shape index (κ3) is 5.38. The first-order valence-electron chi connectivity index (χ1n) is 9.98. The second-order valence-electron chi connectivity index (χ2n) is 7.34. The van der Waals surface area contributed by atoms with Gasteiger partial charge in [-0.05, 0) is 29.8 Å². The predicted molar refractivity (Wildman–Crippen MR) is 119 cm³/mol. The molecule has 4 rings (SSSR count). The van der Waals surface area contributed by atoms with Gasteiger partial charge in [-0.1, -0.05) is 54.1 Å². The van der Waals surface area contributed by atoms with Crippen LogP contribution in [0.1, 0.15) is 22.7 Å². The number of halogens is 1. The maximum absolute atomic E-state index is 11.9. The van der Waals surface area contributed by atoms with E-state index in [2.05, 4.69) is 4.98 Å². The Kier molecular flexibility index (Phi) is 6.43. The standard InChI is InChI=1S/C25H21ClN2O3/c26-20-9-4-6-17(12-20)13-23-22(15-19(25(29)30)14-21-10-5-11-31-21)27-16-24(28-23)18-7-2-1-3-8-18/h1-12,16,19H,13-15H2,(H,29,30). The van der Waals surface area contributed by atoms with Gasteiger partial charge in [0.25, 0.3) is 0 Å². The van der Waals surface area contributed by atoms with E-state index in [4.69, 9.17) is 21.0 Å². The zero-order valence-corrected chi connectivity index (χ0v) is 17.5. The van der Waals surface area contributed by atoms with Gasteiger partial charge in [0.1, 0.15) is 5.76 Å². The lowest BCUT2D eigenvalue weighted by Gasteiger charge is -2.15. The summed E-state index contributed by atoms with van der Waals surface area (Å²) < 4.78 is 5.35. The van der Waals surface area contributed by atoms with Gasteiger partial charge in [0.05, 0.1) is 35.5 Å². The Labute approximate surface area is 185 Å². The molecule has 0 saturated heterocycles. The smallest absolute Gasteiger partial charge is 0.307 e. The molecule has 1 unspecified atom stereocenters. The minimum absolute atomic E-state index is 0.258. The Morgan fingerprint density at radius 2 is 1.84 bits per heavy atom. The number of carboxylic acids is 1. The van der Waals surface area contributed by atoms with Crippen molar-refractivity contribution in [3.05, 3.63) is 107 Å². The Hall–Kier alpha value is -3.44. The van der Waals surface area contributed by atoms with Crippen molar-refractivity contribution in [2.75, 3.05) is 0 Å². The molecule has 0 fully saturated rings. The second kappa shape index (κ2) is 9.58. The number of hydrogen-bond donors (Lipinski definition) is 1. The van der Waals surface area contributed by atoms with Crippen LogP contribution in [0.3, 0.4) is 0 Å². The minimum Gasteiger partial charge on any atom is -0.481 e. The maximum Gasteiger partial charge on any atom is 0.307 e. The minimum atomic E-state index is -0.890. The summed E-state index contributed by atoms with van der Waals surface area (Å²) in [5.41, 5.74) is 4.11. The topological polar surface area (TPSA) is 76.2 Å². The molecule has 1 N–H and O–H groups in total. The largest absolute Gasteiger partial charge is 0.481 e. The zero-order valence-electron chi connectivity index (χ0n) is 16.7. The molecule has 0 amide bonds. The molecule has 156 valence electrons. The number of hydrogen-bond acceptors (Lipinski definition) is 4. The zero-order chi connectivity index (χ0) is 21.6. The van der Waals surface area contributed by atoms with Crippen LogP contribution < -0.4 is 0 Å². The number of nitrogens with zero attached hydrogens (tertiary/aromatic N) is 2. The third-order valence-corrected chi connectivity index (χ3v) is 5.31. The van der Waals surface area contributed by atoms with Crippen LogP contribution in [0.15, 0.2) is 83.6 Å². The normalized spacial score (nSPS) is 11.9. The summed E-state index contributed by atoms with van der Waals surface area (Å²) in [4.78, 5) is 21.4. The average molecular weight is 433 g/mol. The van der Waals surface area contributed by atoms with E-state index in [1.807, 2.05) is 54.6 Å². The van der Waals surface area contributed by atoms with Gasteiger partial charge in [-0.25, -0.2) is 4.98 Å². The van der Waals surface area contributed by atoms with Crippen molar-refractivity contribution < 1.29 is 14.3 Å². The van der Waals surface area contributed by atoms with E-state index in [1.54, 1.807) is 24.6 Å². The summed E-state index contributed by atoms with van der Waals surface area (Å²) in [6.07, 6.45) is 4.32. The summed E-state index contributed by atoms with van der Waals surface area (Å²) in [7, 11) is 0. The fourth-order valence-corrected chi connectivity index (χ4v) is 3.72. The first-order valence-corrected chi connectivity index (χ1v) is 10.4. The van der Waals surface area contributed by atoms with E-state index in [9.17, 15) is 9.90 Å². The number of benzene rings is 2. The lowest BCUT2D eigenvalue weighted by Crippen LogP contribution is -2.21. The highest BCUT2D eigenvalue weighted by atomic mass is 35.5. The molecule has 4 aromatic rings. The van der Waals surface area contributed by atoms with Crippen LogP contribution in [0, 0.1) is 5.92 Å². The van der Waals surface area contributed by atoms with Crippen LogP contribution in [0.2, 0.25) is 5.02 Å². The Morgan fingerprint density at radius 1 is 1.00 bits per heavy atom. The fraction of sp³-hybridized carbons (Fsp3) is 0.160. The van der Waals surface area contributed by atoms with Crippen LogP contribution in [0.5, 0.6) is 0 Å². The highest BCUT2D eigenvalue weighted by molar-refractivity contribution is 6.30. The molecule has 31 heavy (non-hydrogen) atoms. The number of rotatable bonds is 8. The van der Waals surface area contributed by atoms with Crippen molar-refractivity contribution in [3.63, 3.8) is 0 Å². The van der Waals surface area contributed by atoms with Crippen LogP contribution in [0.4, 0.5) is 0 Å². The number of carbonyl (C=O) groups is 1. The van der Waals surface area contributed by atoms with Crippen LogP contribution in [-0.4, -0.2) is 21.0 Å². The molecule has 0 bridgehead atoms. The molecule has 2 aromatic carbocycles. The molecular formula is C25H21ClN2O3. The molecule has 0 aliphatic carbocycles. The summed E-state index contributed by atoms with van der Waals surface area (Å²) in [5, 5.41) is 10.4. The van der Waals surface area contributed by atoms with Gasteiger partial charge in [-0.15, -0.1) is 0 Å². The molecule has 0 aliphatic heterocycles. The quantitative estimate of drug-likeness (QED) is 0.399. The molecule has 5 nitrogen and oxygen atoms in total. The van der Waals surface area contributed by atoms with E-state index in [0.717, 1.165) is 22.5 Å². The molecule has 1 atom stereocenters. The average Bonchev–Trinajstić information content (AvgIpc) is 3.28. The van der Waals surface area contributed by atoms with Gasteiger partial charge in [0.2, 0.25) is 0 Å². The molecule has 2 aromatic heterocycles. The molecule has 0 radical (unpaired) electrons. The number of furan rings is 1. The van der Waals surface area contributed by atoms with Crippen LogP contribution in [0.25, 0.3) is 11.3 Å². The van der Waals surface area contributed by atoms with E-state index in [-0.39, 0.29) is 6.42 Å². The van der Waals surface area contributed by atoms with Crippen LogP contribution in [-0.2, 0) is 24.1 Å². The van der Waals surface area contributed by atoms with Crippen molar-refractivity contribution >= 4 is 17.6 Å². The van der Waals surface area contributed by atoms with Gasteiger partial charge in [-0.3, -0.25) is 9.78 Å². The van der Waals surface area contributed by atoms with Gasteiger partial charge in [0.15, 0.2) is 0 Å². The van der Waals surface area contributed by atoms with Gasteiger partial charge in [0, 0.05) is 29.8 Å². The van der Waals surface area contributed by atoms with E-state index in [0.29, 0.717) is 29.3 Å². The summed E-state index contributed by atoms with van der Waals surface area (Å²) >= 11 is 6.16. The lowest BCUT2D eigenvalue weighted by molar-refractivity contribution is -0.141. The van der Waals surface area contributed by atoms with Gasteiger partial charge < -0.3 is 9.52 Å². The molecule has 2 heterocycles. The Morgan fingerprint density at radius 3 is 2.55 bits per heavy atom. The highest BCUT2D eigenvalue weighted by Gasteiger charge is 2.23. The fourth-order valence-electron chi connectivity index (χ4n) is 3.50. The molecule has 0 saturated carbocycles. The molecule has 0 aliphatic rings. The molecule has 0 spiro atoms. The number of carboxylic acid groups (broad SMARTS) is 1. The van der Waals surface area contributed by atoms with Crippen molar-refractivity contribution in [1.82, 2.24) is 9.97 Å². The number of aromatic nitrogens is 2. The van der Waals surface area contributed by atoms with Crippen molar-refractivity contribution in [1.29, 1.82) is 0 Å². The van der Waals surface area contributed by atoms with Crippen molar-refractivity contribution in [2.45, 2.75) is 19.3 Å². The van der Waals surface area contributed by atoms with E-state index < -0.39 is 11.9 Å². The van der Waals surface area contributed by atoms with Crippen LogP contribution >= 0.6 is 11.6 Å². The SMILES string of the molecule is O=C(O)C(Cc1ccco1)Cc1ncc(-c2ccccc2)nc1Cc1cccc(Cl)c1. The summed E-state index contributed by atoms with van der Waals surface area (Å²) in [6, 6.07) is 20.9. The molecular weight excluding hydrogens is 412 g/mol. The highest BCUT2D eigenvalue weighted by Crippen LogP contribution is 2.23. The van der Waals surface area contributed by atoms with Gasteiger partial charge in [-0.2, -0.15) is 0 Å². The lowest BCUT2D eigenvalue weighted by atomic mass is 9.95. The van der Waals surface area contributed by atoms with Gasteiger partial charge >= 0.3 is 5.97 Å². The first kappa shape index (κ1) is 20.8. The van der Waals surface area contributed by atoms with Crippen molar-refractivity contribution in [3.8, 4) is 11.3 Å². The molecule has 6 heteroatoms. The predicted octanol–water partition coefficient (Wildman–Crippen LogP) is 5.47. The van der Waals surface area contributed by atoms with E-state index >= 15 is 0 Å². The maximum atomic E-state index is 11.9.